The van der Waals surface area contributed by atoms with Gasteiger partial charge in [-0.05, 0) is 49.6 Å². The fourth-order valence-corrected chi connectivity index (χ4v) is 5.27. The van der Waals surface area contributed by atoms with Gasteiger partial charge in [0.05, 0.1) is 17.7 Å². The molecule has 0 aliphatic carbocycles. The lowest BCUT2D eigenvalue weighted by Crippen LogP contribution is -2.60. The summed E-state index contributed by atoms with van der Waals surface area (Å²) in [4.78, 5) is 38.8. The molecule has 1 aromatic carbocycles. The Morgan fingerprint density at radius 2 is 1.75 bits per heavy atom. The fraction of sp³-hybridized carbons (Fsp3) is 0.464. The van der Waals surface area contributed by atoms with Gasteiger partial charge in [-0.25, -0.2) is 14.6 Å². The lowest BCUT2D eigenvalue weighted by atomic mass is 9.95. The van der Waals surface area contributed by atoms with Crippen molar-refractivity contribution in [2.45, 2.75) is 57.9 Å². The van der Waals surface area contributed by atoms with E-state index in [1.807, 2.05) is 29.7 Å². The molecule has 12 heteroatoms. The number of carbonyl (C=O) groups excluding carboxylic acids is 1. The van der Waals surface area contributed by atoms with Crippen LogP contribution in [0.5, 0.6) is 0 Å². The van der Waals surface area contributed by atoms with Gasteiger partial charge in [0.15, 0.2) is 5.82 Å². The number of rotatable bonds is 7. The second-order valence-corrected chi connectivity index (χ2v) is 9.70. The first-order valence-corrected chi connectivity index (χ1v) is 13.2. The van der Waals surface area contributed by atoms with Crippen molar-refractivity contribution >= 4 is 22.8 Å². The molecule has 212 valence electrons. The molecule has 3 atom stereocenters. The number of esters is 1. The Hall–Kier alpha value is -3.98. The van der Waals surface area contributed by atoms with E-state index in [-0.39, 0.29) is 24.4 Å². The van der Waals surface area contributed by atoms with Gasteiger partial charge in [-0.3, -0.25) is 9.47 Å². The molecule has 1 saturated heterocycles. The number of nitriles is 1. The molecule has 1 fully saturated rings. The second-order valence-electron chi connectivity index (χ2n) is 9.70. The second kappa shape index (κ2) is 11.6. The Labute approximate surface area is 229 Å². The Bertz CT molecular complexity index is 1480. The third-order valence-corrected chi connectivity index (χ3v) is 7.40. The van der Waals surface area contributed by atoms with E-state index >= 15 is 0 Å². The monoisotopic (exact) mass is 556 g/mol. The number of benzene rings is 1. The van der Waals surface area contributed by atoms with Crippen molar-refractivity contribution in [1.82, 2.24) is 19.4 Å². The van der Waals surface area contributed by atoms with Crippen molar-refractivity contribution in [3.8, 4) is 6.07 Å². The lowest BCUT2D eigenvalue weighted by Gasteiger charge is -2.49. The average Bonchev–Trinajstić information content (AvgIpc) is 2.94. The summed E-state index contributed by atoms with van der Waals surface area (Å²) in [6, 6.07) is 8.48. The molecule has 2 aromatic heterocycles. The number of fused-ring (bicyclic) bond motifs is 1. The van der Waals surface area contributed by atoms with Crippen LogP contribution in [-0.4, -0.2) is 57.2 Å². The van der Waals surface area contributed by atoms with Crippen molar-refractivity contribution in [3.05, 3.63) is 63.7 Å². The number of aryl methyl sites for hydroxylation is 1. The number of ether oxygens (including phenoxy) is 1. The number of pyridine rings is 1. The first kappa shape index (κ1) is 29.0. The van der Waals surface area contributed by atoms with Crippen molar-refractivity contribution in [2.75, 3.05) is 24.6 Å². The van der Waals surface area contributed by atoms with Crippen LogP contribution in [0.2, 0.25) is 0 Å². The van der Waals surface area contributed by atoms with Crippen molar-refractivity contribution in [1.29, 1.82) is 5.26 Å². The molecule has 9 nitrogen and oxygen atoms in total. The highest BCUT2D eigenvalue weighted by Gasteiger charge is 2.41. The Kier molecular flexibility index (Phi) is 8.44. The molecule has 2 unspecified atom stereocenters. The van der Waals surface area contributed by atoms with Crippen LogP contribution >= 0.6 is 0 Å². The van der Waals surface area contributed by atoms with Crippen LogP contribution < -0.4 is 10.6 Å². The van der Waals surface area contributed by atoms with Gasteiger partial charge in [0, 0.05) is 32.2 Å². The van der Waals surface area contributed by atoms with Crippen LogP contribution in [0.4, 0.5) is 19.0 Å². The van der Waals surface area contributed by atoms with Gasteiger partial charge in [0.2, 0.25) is 0 Å². The number of piperazine rings is 1. The highest BCUT2D eigenvalue weighted by atomic mass is 19.4. The minimum Gasteiger partial charge on any atom is -0.465 e. The van der Waals surface area contributed by atoms with Gasteiger partial charge in [0.1, 0.15) is 23.3 Å². The molecule has 1 aliphatic rings. The Morgan fingerprint density at radius 3 is 2.33 bits per heavy atom. The third-order valence-electron chi connectivity index (χ3n) is 7.40. The summed E-state index contributed by atoms with van der Waals surface area (Å²) in [6.45, 7) is 6.46. The SMILES string of the molecule is CCOC(=O)C(c1ccc(C(F)(F)F)cc1)N1CC(CC)N(c2nc(=O)n(C)c3ccc(C#N)nc23)C[C@H]1CC. The van der Waals surface area contributed by atoms with Gasteiger partial charge in [-0.1, -0.05) is 26.0 Å². The van der Waals surface area contributed by atoms with Gasteiger partial charge in [-0.2, -0.15) is 23.4 Å². The molecule has 1 aliphatic heterocycles. The smallest absolute Gasteiger partial charge is 0.416 e. The van der Waals surface area contributed by atoms with E-state index in [9.17, 15) is 28.0 Å². The molecular weight excluding hydrogens is 525 g/mol. The van der Waals surface area contributed by atoms with Crippen LogP contribution in [-0.2, 0) is 22.8 Å². The summed E-state index contributed by atoms with van der Waals surface area (Å²) in [7, 11) is 1.59. The van der Waals surface area contributed by atoms with Crippen molar-refractivity contribution in [2.24, 2.45) is 7.05 Å². The van der Waals surface area contributed by atoms with Gasteiger partial charge < -0.3 is 9.64 Å². The average molecular weight is 557 g/mol. The highest BCUT2D eigenvalue weighted by molar-refractivity contribution is 5.86. The zero-order chi connectivity index (χ0) is 29.2. The molecule has 0 spiro atoms. The normalized spacial score (nSPS) is 18.9. The van der Waals surface area contributed by atoms with Crippen LogP contribution in [0, 0.1) is 11.3 Å². The molecule has 0 bridgehead atoms. The predicted octanol–water partition coefficient (Wildman–Crippen LogP) is 4.20. The topological polar surface area (TPSA) is 104 Å². The predicted molar refractivity (Wildman–Crippen MR) is 143 cm³/mol. The molecule has 0 N–H and O–H groups in total. The Morgan fingerprint density at radius 1 is 1.07 bits per heavy atom. The number of hydrogen-bond donors (Lipinski definition) is 0. The summed E-state index contributed by atoms with van der Waals surface area (Å²) < 4.78 is 46.4. The lowest BCUT2D eigenvalue weighted by molar-refractivity contribution is -0.151. The maximum absolute atomic E-state index is 13.3. The molecule has 40 heavy (non-hydrogen) atoms. The summed E-state index contributed by atoms with van der Waals surface area (Å²) in [5, 5.41) is 9.43. The zero-order valence-electron chi connectivity index (χ0n) is 22.8. The highest BCUT2D eigenvalue weighted by Crippen LogP contribution is 2.36. The standard InChI is InChI=1S/C28H31F3N6O3/c1-5-20-16-37(25-23-22(35(4)27(39)34-25)13-12-19(14-32)33-23)21(6-2)15-36(20)24(26(38)40-7-3)17-8-10-18(11-9-17)28(29,30)31/h8-13,20-21,24H,5-7,15-16H2,1-4H3/t20-,21?,24?/m1/s1. The molecule has 0 radical (unpaired) electrons. The van der Waals surface area contributed by atoms with Crippen molar-refractivity contribution < 1.29 is 22.7 Å². The maximum Gasteiger partial charge on any atom is 0.416 e. The van der Waals surface area contributed by atoms with Crippen molar-refractivity contribution in [3.63, 3.8) is 0 Å². The molecule has 4 rings (SSSR count). The quantitative estimate of drug-likeness (QED) is 0.399. The van der Waals surface area contributed by atoms with E-state index in [0.29, 0.717) is 48.3 Å². The molecule has 3 heterocycles. The van der Waals surface area contributed by atoms with E-state index < -0.39 is 29.4 Å². The van der Waals surface area contributed by atoms with E-state index in [0.717, 1.165) is 12.1 Å². The first-order chi connectivity index (χ1) is 19.0. The van der Waals surface area contributed by atoms with Crippen LogP contribution in [0.25, 0.3) is 11.0 Å². The third kappa shape index (κ3) is 5.51. The summed E-state index contributed by atoms with van der Waals surface area (Å²) in [5.41, 5.74) is 0.299. The van der Waals surface area contributed by atoms with Gasteiger partial charge in [0.25, 0.3) is 0 Å². The first-order valence-electron chi connectivity index (χ1n) is 13.2. The summed E-state index contributed by atoms with van der Waals surface area (Å²) >= 11 is 0. The summed E-state index contributed by atoms with van der Waals surface area (Å²) in [6.07, 6.45) is -3.28. The van der Waals surface area contributed by atoms with Crippen LogP contribution in [0.3, 0.4) is 0 Å². The van der Waals surface area contributed by atoms with E-state index in [4.69, 9.17) is 4.74 Å². The fourth-order valence-electron chi connectivity index (χ4n) is 5.27. The molecule has 0 saturated carbocycles. The number of hydrogen-bond acceptors (Lipinski definition) is 8. The molecule has 3 aromatic rings. The van der Waals surface area contributed by atoms with E-state index in [2.05, 4.69) is 9.97 Å². The minimum atomic E-state index is -4.50. The number of alkyl halides is 3. The largest absolute Gasteiger partial charge is 0.465 e. The number of halogens is 3. The maximum atomic E-state index is 13.3. The van der Waals surface area contributed by atoms with Crippen LogP contribution in [0.15, 0.2) is 41.2 Å². The molecular formula is C28H31F3N6O3. The number of aromatic nitrogens is 3. The Balaban J connectivity index is 1.78. The zero-order valence-corrected chi connectivity index (χ0v) is 22.8. The van der Waals surface area contributed by atoms with E-state index in [1.165, 1.54) is 16.7 Å². The number of nitrogens with zero attached hydrogens (tertiary/aromatic N) is 6. The molecule has 0 amide bonds. The van der Waals surface area contributed by atoms with Gasteiger partial charge in [-0.15, -0.1) is 0 Å². The number of anilines is 1. The summed E-state index contributed by atoms with van der Waals surface area (Å²) in [5.74, 6) is -0.177. The minimum absolute atomic E-state index is 0.125. The van der Waals surface area contributed by atoms with E-state index in [1.54, 1.807) is 26.1 Å². The number of carbonyl (C=O) groups is 1. The van der Waals surface area contributed by atoms with Crippen LogP contribution in [0.1, 0.15) is 56.5 Å². The van der Waals surface area contributed by atoms with Gasteiger partial charge >= 0.3 is 17.8 Å².